The minimum Gasteiger partial charge on any atom is -0.378 e. The van der Waals surface area contributed by atoms with Crippen LogP contribution in [0.4, 0.5) is 5.95 Å². The lowest BCUT2D eigenvalue weighted by Crippen LogP contribution is -2.40. The van der Waals surface area contributed by atoms with Gasteiger partial charge in [0, 0.05) is 19.1 Å². The van der Waals surface area contributed by atoms with Gasteiger partial charge in [-0.1, -0.05) is 49.2 Å². The van der Waals surface area contributed by atoms with Gasteiger partial charge >= 0.3 is 0 Å². The van der Waals surface area contributed by atoms with Crippen molar-refractivity contribution in [2.45, 2.75) is 55.5 Å². The van der Waals surface area contributed by atoms with Crippen LogP contribution in [0.2, 0.25) is 0 Å². The fraction of sp³-hybridized carbons (Fsp3) is 0.571. The molecule has 1 aromatic carbocycles. The van der Waals surface area contributed by atoms with Crippen LogP contribution in [0.1, 0.15) is 39.0 Å². The molecule has 8 heteroatoms. The van der Waals surface area contributed by atoms with Crippen LogP contribution in [0.25, 0.3) is 5.69 Å². The molecule has 1 aliphatic heterocycles. The number of rotatable bonds is 6. The van der Waals surface area contributed by atoms with Crippen molar-refractivity contribution in [3.63, 3.8) is 0 Å². The van der Waals surface area contributed by atoms with Gasteiger partial charge < -0.3 is 15.0 Å². The number of nitrogens with zero attached hydrogens (tertiary/aromatic N) is 4. The van der Waals surface area contributed by atoms with Crippen molar-refractivity contribution < 1.29 is 9.53 Å². The fourth-order valence-electron chi connectivity index (χ4n) is 3.89. The van der Waals surface area contributed by atoms with E-state index in [1.54, 1.807) is 0 Å². The average Bonchev–Trinajstić information content (AvgIpc) is 3.19. The van der Waals surface area contributed by atoms with E-state index in [4.69, 9.17) is 4.74 Å². The van der Waals surface area contributed by atoms with Gasteiger partial charge in [-0.05, 0) is 31.9 Å². The molecule has 1 N–H and O–H groups in total. The summed E-state index contributed by atoms with van der Waals surface area (Å²) in [6, 6.07) is 10.4. The monoisotopic (exact) mass is 415 g/mol. The Balaban J connectivity index is 1.53. The summed E-state index contributed by atoms with van der Waals surface area (Å²) in [5.41, 5.74) is 1.00. The first-order valence-electron chi connectivity index (χ1n) is 10.5. The second-order valence-corrected chi connectivity index (χ2v) is 8.96. The third kappa shape index (κ3) is 4.93. The van der Waals surface area contributed by atoms with Crippen LogP contribution in [0.5, 0.6) is 0 Å². The molecule has 1 saturated heterocycles. The van der Waals surface area contributed by atoms with Gasteiger partial charge in [-0.3, -0.25) is 9.36 Å². The fourth-order valence-corrected chi connectivity index (χ4v) is 4.76. The predicted octanol–water partition coefficient (Wildman–Crippen LogP) is 3.03. The average molecular weight is 416 g/mol. The van der Waals surface area contributed by atoms with Crippen molar-refractivity contribution in [3.8, 4) is 5.69 Å². The zero-order valence-corrected chi connectivity index (χ0v) is 17.7. The van der Waals surface area contributed by atoms with Crippen molar-refractivity contribution in [2.24, 2.45) is 0 Å². The molecule has 4 rings (SSSR count). The Bertz CT molecular complexity index is 801. The Morgan fingerprint density at radius 2 is 1.86 bits per heavy atom. The number of ether oxygens (including phenoxy) is 1. The number of amides is 1. The molecular weight excluding hydrogens is 386 g/mol. The molecule has 1 atom stereocenters. The highest BCUT2D eigenvalue weighted by atomic mass is 32.2. The number of benzene rings is 1. The van der Waals surface area contributed by atoms with E-state index in [2.05, 4.69) is 25.0 Å². The summed E-state index contributed by atoms with van der Waals surface area (Å²) in [5.74, 6) is 0.888. The third-order valence-electron chi connectivity index (χ3n) is 5.53. The van der Waals surface area contributed by atoms with Crippen molar-refractivity contribution in [3.05, 3.63) is 30.3 Å². The number of aromatic nitrogens is 3. The summed E-state index contributed by atoms with van der Waals surface area (Å²) in [6.45, 7) is 4.89. The van der Waals surface area contributed by atoms with Crippen LogP contribution in [-0.4, -0.2) is 58.3 Å². The number of thioether (sulfide) groups is 1. The lowest BCUT2D eigenvalue weighted by atomic mass is 9.95. The van der Waals surface area contributed by atoms with E-state index in [1.165, 1.54) is 31.0 Å². The van der Waals surface area contributed by atoms with Gasteiger partial charge in [0.15, 0.2) is 5.16 Å². The molecule has 2 aliphatic rings. The lowest BCUT2D eigenvalue weighted by Gasteiger charge is -2.28. The largest absolute Gasteiger partial charge is 0.378 e. The molecular formula is C21H29N5O2S. The van der Waals surface area contributed by atoms with E-state index in [1.807, 2.05) is 37.3 Å². The topological polar surface area (TPSA) is 72.3 Å². The molecule has 156 valence electrons. The zero-order chi connectivity index (χ0) is 20.1. The summed E-state index contributed by atoms with van der Waals surface area (Å²) in [6.07, 6.45) is 5.87. The smallest absolute Gasteiger partial charge is 0.233 e. The Morgan fingerprint density at radius 1 is 1.14 bits per heavy atom. The molecule has 0 spiro atoms. The first kappa shape index (κ1) is 20.2. The molecule has 1 saturated carbocycles. The van der Waals surface area contributed by atoms with Crippen LogP contribution >= 0.6 is 11.8 Å². The Hall–Kier alpha value is -2.06. The molecule has 29 heavy (non-hydrogen) atoms. The van der Waals surface area contributed by atoms with Crippen LogP contribution in [-0.2, 0) is 9.53 Å². The zero-order valence-electron chi connectivity index (χ0n) is 16.9. The van der Waals surface area contributed by atoms with E-state index in [9.17, 15) is 4.79 Å². The number of para-hydroxylation sites is 1. The molecule has 2 aromatic rings. The van der Waals surface area contributed by atoms with Gasteiger partial charge in [-0.25, -0.2) is 0 Å². The minimum absolute atomic E-state index is 0.0810. The van der Waals surface area contributed by atoms with Crippen LogP contribution < -0.4 is 10.2 Å². The van der Waals surface area contributed by atoms with Crippen molar-refractivity contribution in [2.75, 3.05) is 31.2 Å². The number of hydrogen-bond donors (Lipinski definition) is 1. The first-order valence-corrected chi connectivity index (χ1v) is 11.4. The second-order valence-electron chi connectivity index (χ2n) is 7.66. The maximum absolute atomic E-state index is 12.8. The molecule has 0 unspecified atom stereocenters. The van der Waals surface area contributed by atoms with Crippen molar-refractivity contribution in [1.82, 2.24) is 20.1 Å². The maximum Gasteiger partial charge on any atom is 0.233 e. The van der Waals surface area contributed by atoms with E-state index in [0.29, 0.717) is 19.3 Å². The minimum atomic E-state index is -0.235. The first-order chi connectivity index (χ1) is 14.2. The van der Waals surface area contributed by atoms with Crippen LogP contribution in [0.15, 0.2) is 35.5 Å². The number of anilines is 1. The van der Waals surface area contributed by atoms with E-state index >= 15 is 0 Å². The predicted molar refractivity (Wildman–Crippen MR) is 115 cm³/mol. The molecule has 1 amide bonds. The van der Waals surface area contributed by atoms with Crippen LogP contribution in [0, 0.1) is 0 Å². The van der Waals surface area contributed by atoms with Gasteiger partial charge in [-0.2, -0.15) is 0 Å². The van der Waals surface area contributed by atoms with E-state index < -0.39 is 0 Å². The molecule has 1 aliphatic carbocycles. The van der Waals surface area contributed by atoms with Crippen molar-refractivity contribution in [1.29, 1.82) is 0 Å². The Labute approximate surface area is 176 Å². The number of carbonyl (C=O) groups excluding carboxylic acids is 1. The quantitative estimate of drug-likeness (QED) is 0.731. The SMILES string of the molecule is C[C@H](Sc1nnc(N2CCOCC2)n1-c1ccccc1)C(=O)NC1CCCCC1. The third-order valence-corrected chi connectivity index (χ3v) is 6.57. The molecule has 0 bridgehead atoms. The maximum atomic E-state index is 12.8. The van der Waals surface area contributed by atoms with Gasteiger partial charge in [0.05, 0.1) is 24.2 Å². The second kappa shape index (κ2) is 9.63. The molecule has 2 heterocycles. The highest BCUT2D eigenvalue weighted by Crippen LogP contribution is 2.30. The molecule has 2 fully saturated rings. The van der Waals surface area contributed by atoms with Crippen molar-refractivity contribution >= 4 is 23.6 Å². The summed E-state index contributed by atoms with van der Waals surface area (Å²) in [7, 11) is 0. The summed E-state index contributed by atoms with van der Waals surface area (Å²) < 4.78 is 7.54. The summed E-state index contributed by atoms with van der Waals surface area (Å²) in [4.78, 5) is 15.0. The standard InChI is InChI=1S/C21H29N5O2S/c1-16(19(27)22-17-8-4-2-5-9-17)29-21-24-23-20(25-12-14-28-15-13-25)26(21)18-10-6-3-7-11-18/h3,6-7,10-11,16-17H,2,4-5,8-9,12-15H2,1H3,(H,22,27)/t16-/m0/s1. The lowest BCUT2D eigenvalue weighted by molar-refractivity contribution is -0.121. The number of nitrogens with one attached hydrogen (secondary N) is 1. The van der Waals surface area contributed by atoms with Gasteiger partial charge in [0.2, 0.25) is 11.9 Å². The Morgan fingerprint density at radius 3 is 2.59 bits per heavy atom. The van der Waals surface area contributed by atoms with Crippen LogP contribution in [0.3, 0.4) is 0 Å². The highest BCUT2D eigenvalue weighted by molar-refractivity contribution is 8.00. The number of morpholine rings is 1. The van der Waals surface area contributed by atoms with Gasteiger partial charge in [0.25, 0.3) is 0 Å². The Kier molecular flexibility index (Phi) is 6.71. The molecule has 1 aromatic heterocycles. The summed E-state index contributed by atoms with van der Waals surface area (Å²) >= 11 is 1.47. The molecule has 0 radical (unpaired) electrons. The number of carbonyl (C=O) groups is 1. The summed E-state index contributed by atoms with van der Waals surface area (Å²) in [5, 5.41) is 12.7. The van der Waals surface area contributed by atoms with Gasteiger partial charge in [0.1, 0.15) is 0 Å². The highest BCUT2D eigenvalue weighted by Gasteiger charge is 2.26. The number of hydrogen-bond acceptors (Lipinski definition) is 6. The molecule has 7 nitrogen and oxygen atoms in total. The van der Waals surface area contributed by atoms with E-state index in [-0.39, 0.29) is 11.2 Å². The normalized spacial score (nSPS) is 19.1. The van der Waals surface area contributed by atoms with E-state index in [0.717, 1.165) is 42.7 Å². The van der Waals surface area contributed by atoms with Gasteiger partial charge in [-0.15, -0.1) is 10.2 Å².